The molecule has 0 aliphatic carbocycles. The van der Waals surface area contributed by atoms with Gasteiger partial charge < -0.3 is 9.84 Å². The van der Waals surface area contributed by atoms with E-state index in [1.165, 1.54) is 16.3 Å². The van der Waals surface area contributed by atoms with Crippen LogP contribution >= 0.6 is 11.3 Å². The van der Waals surface area contributed by atoms with E-state index in [1.807, 2.05) is 19.1 Å². The summed E-state index contributed by atoms with van der Waals surface area (Å²) in [5, 5.41) is 13.0. The third-order valence-corrected chi connectivity index (χ3v) is 6.14. The molecule has 28 heavy (non-hydrogen) atoms. The monoisotopic (exact) mass is 403 g/mol. The zero-order chi connectivity index (χ0) is 19.9. The number of rotatable bonds is 9. The average Bonchev–Trinajstić information content (AvgIpc) is 3.15. The van der Waals surface area contributed by atoms with Crippen LogP contribution in [-0.4, -0.2) is 58.8 Å². The zero-order valence-electron chi connectivity index (χ0n) is 17.3. The maximum Gasteiger partial charge on any atom is 0.119 e. The molecule has 154 valence electrons. The number of thiazole rings is 1. The van der Waals surface area contributed by atoms with Crippen molar-refractivity contribution in [3.05, 3.63) is 45.9 Å². The van der Waals surface area contributed by atoms with Gasteiger partial charge in [-0.05, 0) is 37.0 Å². The number of aliphatic hydroxyl groups excluding tert-OH is 1. The molecule has 5 nitrogen and oxygen atoms in total. The highest BCUT2D eigenvalue weighted by atomic mass is 32.1. The Bertz CT molecular complexity index is 717. The molecule has 0 spiro atoms. The van der Waals surface area contributed by atoms with E-state index >= 15 is 0 Å². The Morgan fingerprint density at radius 3 is 2.64 bits per heavy atom. The molecule has 0 saturated carbocycles. The van der Waals surface area contributed by atoms with Gasteiger partial charge in [0.15, 0.2) is 0 Å². The molecule has 0 unspecified atom stereocenters. The zero-order valence-corrected chi connectivity index (χ0v) is 18.1. The van der Waals surface area contributed by atoms with Crippen molar-refractivity contribution in [2.24, 2.45) is 0 Å². The van der Waals surface area contributed by atoms with Crippen LogP contribution in [0.5, 0.6) is 5.75 Å². The average molecular weight is 404 g/mol. The molecular weight excluding hydrogens is 370 g/mol. The van der Waals surface area contributed by atoms with Gasteiger partial charge in [0.1, 0.15) is 10.8 Å². The maximum atomic E-state index is 9.57. The highest BCUT2D eigenvalue weighted by Gasteiger charge is 2.27. The Balaban J connectivity index is 1.58. The van der Waals surface area contributed by atoms with Crippen LogP contribution in [-0.2, 0) is 13.1 Å². The summed E-state index contributed by atoms with van der Waals surface area (Å²) in [7, 11) is 0. The molecule has 0 amide bonds. The van der Waals surface area contributed by atoms with Gasteiger partial charge in [-0.15, -0.1) is 11.3 Å². The molecule has 1 aromatic heterocycles. The number of hydrogen-bond acceptors (Lipinski definition) is 6. The number of aromatic nitrogens is 1. The van der Waals surface area contributed by atoms with Crippen LogP contribution in [0.4, 0.5) is 0 Å². The van der Waals surface area contributed by atoms with Crippen molar-refractivity contribution < 1.29 is 9.84 Å². The predicted octanol–water partition coefficient (Wildman–Crippen LogP) is 3.73. The fraction of sp³-hybridized carbons (Fsp3) is 0.591. The lowest BCUT2D eigenvalue weighted by Gasteiger charge is -2.41. The van der Waals surface area contributed by atoms with Crippen LogP contribution in [0, 0.1) is 0 Å². The summed E-state index contributed by atoms with van der Waals surface area (Å²) >= 11 is 1.77. The number of hydrogen-bond donors (Lipinski definition) is 1. The molecule has 6 heteroatoms. The first-order valence-electron chi connectivity index (χ1n) is 10.3. The second kappa shape index (κ2) is 10.3. The van der Waals surface area contributed by atoms with Crippen LogP contribution in [0.15, 0.2) is 29.6 Å². The van der Waals surface area contributed by atoms with Gasteiger partial charge in [0.05, 0.1) is 18.8 Å². The van der Waals surface area contributed by atoms with E-state index < -0.39 is 0 Å². The quantitative estimate of drug-likeness (QED) is 0.691. The first-order valence-corrected chi connectivity index (χ1v) is 11.2. The number of piperazine rings is 1. The molecule has 3 rings (SSSR count). The van der Waals surface area contributed by atoms with Crippen molar-refractivity contribution in [3.63, 3.8) is 0 Å². The van der Waals surface area contributed by atoms with Crippen LogP contribution in [0.25, 0.3) is 0 Å². The third-order valence-electron chi connectivity index (χ3n) is 5.29. The largest absolute Gasteiger partial charge is 0.494 e. The van der Waals surface area contributed by atoms with Gasteiger partial charge in [-0.3, -0.25) is 9.80 Å². The molecule has 1 N–H and O–H groups in total. The summed E-state index contributed by atoms with van der Waals surface area (Å²) in [4.78, 5) is 9.77. The Labute approximate surface area is 173 Å². The summed E-state index contributed by atoms with van der Waals surface area (Å²) in [5.41, 5.74) is 2.49. The number of benzene rings is 1. The van der Waals surface area contributed by atoms with Crippen LogP contribution in [0.1, 0.15) is 49.4 Å². The fourth-order valence-corrected chi connectivity index (χ4v) is 4.68. The van der Waals surface area contributed by atoms with Crippen molar-refractivity contribution in [1.82, 2.24) is 14.8 Å². The van der Waals surface area contributed by atoms with Crippen molar-refractivity contribution in [3.8, 4) is 5.75 Å². The summed E-state index contributed by atoms with van der Waals surface area (Å²) < 4.78 is 5.54. The molecule has 1 aromatic carbocycles. The van der Waals surface area contributed by atoms with E-state index in [0.717, 1.165) is 44.9 Å². The SMILES string of the molecule is CCOc1ccc(CN2CCN(Cc3nc(C(C)C)cs3)C[C@@H]2CCO)cc1. The molecule has 1 saturated heterocycles. The molecule has 2 heterocycles. The van der Waals surface area contributed by atoms with E-state index in [-0.39, 0.29) is 6.61 Å². The number of nitrogens with zero attached hydrogens (tertiary/aromatic N) is 3. The van der Waals surface area contributed by atoms with Gasteiger partial charge in [0, 0.05) is 44.2 Å². The Morgan fingerprint density at radius 1 is 1.21 bits per heavy atom. The summed E-state index contributed by atoms with van der Waals surface area (Å²) in [6.07, 6.45) is 0.808. The number of ether oxygens (including phenoxy) is 1. The maximum absolute atomic E-state index is 9.57. The smallest absolute Gasteiger partial charge is 0.119 e. The van der Waals surface area contributed by atoms with Crippen molar-refractivity contribution in [2.45, 2.75) is 52.2 Å². The topological polar surface area (TPSA) is 48.8 Å². The molecule has 1 atom stereocenters. The third kappa shape index (κ3) is 5.77. The lowest BCUT2D eigenvalue weighted by atomic mass is 10.1. The normalized spacial score (nSPS) is 18.7. The summed E-state index contributed by atoms with van der Waals surface area (Å²) in [5.74, 6) is 1.41. The Hall–Kier alpha value is -1.47. The van der Waals surface area contributed by atoms with E-state index in [2.05, 4.69) is 41.2 Å². The minimum Gasteiger partial charge on any atom is -0.494 e. The standard InChI is InChI=1S/C22H33N3O2S/c1-4-27-20-7-5-18(6-8-20)13-25-11-10-24(14-19(25)9-12-26)15-22-23-21(16-28-22)17(2)3/h5-8,16-17,19,26H,4,9-15H2,1-3H3/t19-/m0/s1. The second-order valence-corrected chi connectivity index (χ2v) is 8.71. The molecule has 0 bridgehead atoms. The van der Waals surface area contributed by atoms with Gasteiger partial charge in [-0.1, -0.05) is 26.0 Å². The molecule has 0 radical (unpaired) electrons. The van der Waals surface area contributed by atoms with Crippen LogP contribution < -0.4 is 4.74 Å². The molecule has 1 aliphatic heterocycles. The van der Waals surface area contributed by atoms with Crippen LogP contribution in [0.2, 0.25) is 0 Å². The first kappa shape index (κ1) is 21.2. The molecule has 1 aliphatic rings. The number of aliphatic hydroxyl groups is 1. The Morgan fingerprint density at radius 2 is 2.00 bits per heavy atom. The first-order chi connectivity index (χ1) is 13.6. The predicted molar refractivity (Wildman–Crippen MR) is 115 cm³/mol. The van der Waals surface area contributed by atoms with Crippen molar-refractivity contribution >= 4 is 11.3 Å². The Kier molecular flexibility index (Phi) is 7.85. The highest BCUT2D eigenvalue weighted by molar-refractivity contribution is 7.09. The molecule has 2 aromatic rings. The lowest BCUT2D eigenvalue weighted by molar-refractivity contribution is 0.0499. The van der Waals surface area contributed by atoms with Gasteiger partial charge in [-0.2, -0.15) is 0 Å². The van der Waals surface area contributed by atoms with Crippen molar-refractivity contribution in [1.29, 1.82) is 0 Å². The summed E-state index contributed by atoms with van der Waals surface area (Å²) in [6, 6.07) is 8.76. The van der Waals surface area contributed by atoms with Crippen LogP contribution in [0.3, 0.4) is 0 Å². The van der Waals surface area contributed by atoms with Gasteiger partial charge in [0.2, 0.25) is 0 Å². The van der Waals surface area contributed by atoms with E-state index in [4.69, 9.17) is 9.72 Å². The van der Waals surface area contributed by atoms with E-state index in [0.29, 0.717) is 18.6 Å². The summed E-state index contributed by atoms with van der Waals surface area (Å²) in [6.45, 7) is 12.2. The van der Waals surface area contributed by atoms with Crippen molar-refractivity contribution in [2.75, 3.05) is 32.8 Å². The molecular formula is C22H33N3O2S. The highest BCUT2D eigenvalue weighted by Crippen LogP contribution is 2.22. The van der Waals surface area contributed by atoms with Gasteiger partial charge in [0.25, 0.3) is 0 Å². The minimum atomic E-state index is 0.229. The van der Waals surface area contributed by atoms with E-state index in [9.17, 15) is 5.11 Å². The second-order valence-electron chi connectivity index (χ2n) is 7.77. The van der Waals surface area contributed by atoms with Gasteiger partial charge in [-0.25, -0.2) is 4.98 Å². The fourth-order valence-electron chi connectivity index (χ4n) is 3.68. The van der Waals surface area contributed by atoms with E-state index in [1.54, 1.807) is 11.3 Å². The molecule has 1 fully saturated rings. The minimum absolute atomic E-state index is 0.229. The van der Waals surface area contributed by atoms with Gasteiger partial charge >= 0.3 is 0 Å². The lowest BCUT2D eigenvalue weighted by Crippen LogP contribution is -2.52.